The lowest BCUT2D eigenvalue weighted by atomic mass is 10.0. The Kier molecular flexibility index (Phi) is 4.59. The minimum atomic E-state index is -0.431. The predicted molar refractivity (Wildman–Crippen MR) is 95.5 cm³/mol. The smallest absolute Gasteiger partial charge is 0.134 e. The van der Waals surface area contributed by atoms with Crippen molar-refractivity contribution in [2.45, 2.75) is 44.1 Å². The van der Waals surface area contributed by atoms with Crippen molar-refractivity contribution in [3.05, 3.63) is 12.4 Å². The van der Waals surface area contributed by atoms with Gasteiger partial charge in [-0.25, -0.2) is 9.97 Å². The fourth-order valence-electron chi connectivity index (χ4n) is 4.37. The van der Waals surface area contributed by atoms with Gasteiger partial charge >= 0.3 is 0 Å². The minimum absolute atomic E-state index is 0.431. The summed E-state index contributed by atoms with van der Waals surface area (Å²) in [6.07, 6.45) is 8.53. The second kappa shape index (κ2) is 6.84. The summed E-state index contributed by atoms with van der Waals surface area (Å²) in [5.41, 5.74) is -0.431. The van der Waals surface area contributed by atoms with Crippen molar-refractivity contribution >= 4 is 11.6 Å². The van der Waals surface area contributed by atoms with Crippen molar-refractivity contribution in [1.29, 1.82) is 0 Å². The van der Waals surface area contributed by atoms with Gasteiger partial charge < -0.3 is 14.9 Å². The maximum absolute atomic E-state index is 10.6. The van der Waals surface area contributed by atoms with Crippen LogP contribution in [0.5, 0.6) is 0 Å². The number of aromatic nitrogens is 2. The van der Waals surface area contributed by atoms with E-state index in [2.05, 4.69) is 30.7 Å². The average molecular weight is 331 g/mol. The van der Waals surface area contributed by atoms with E-state index in [0.29, 0.717) is 0 Å². The number of β-amino-alcohol motifs (C(OH)–C–C–N with tert-alkyl or cyclic N) is 1. The molecule has 1 aromatic heterocycles. The first-order valence-corrected chi connectivity index (χ1v) is 9.49. The van der Waals surface area contributed by atoms with Gasteiger partial charge in [0.25, 0.3) is 0 Å². The Morgan fingerprint density at radius 2 is 1.42 bits per heavy atom. The van der Waals surface area contributed by atoms with Gasteiger partial charge in [0.2, 0.25) is 0 Å². The van der Waals surface area contributed by atoms with Crippen LogP contribution >= 0.6 is 0 Å². The van der Waals surface area contributed by atoms with Crippen molar-refractivity contribution in [2.75, 3.05) is 55.6 Å². The molecule has 24 heavy (non-hydrogen) atoms. The predicted octanol–water partition coefficient (Wildman–Crippen LogP) is 1.50. The van der Waals surface area contributed by atoms with Crippen LogP contribution < -0.4 is 9.80 Å². The molecule has 0 bridgehead atoms. The number of nitrogens with zero attached hydrogens (tertiary/aromatic N) is 5. The highest BCUT2D eigenvalue weighted by molar-refractivity contribution is 5.50. The molecule has 2 saturated heterocycles. The van der Waals surface area contributed by atoms with E-state index in [-0.39, 0.29) is 0 Å². The van der Waals surface area contributed by atoms with Crippen LogP contribution in [0.2, 0.25) is 0 Å². The molecular formula is C18H29N5O. The van der Waals surface area contributed by atoms with Gasteiger partial charge in [-0.2, -0.15) is 0 Å². The molecule has 0 unspecified atom stereocenters. The molecule has 0 amide bonds. The van der Waals surface area contributed by atoms with Gasteiger partial charge in [-0.05, 0) is 25.7 Å². The molecule has 2 aliphatic heterocycles. The average Bonchev–Trinajstić information content (AvgIpc) is 3.28. The minimum Gasteiger partial charge on any atom is -0.389 e. The standard InChI is InChI=1S/C18H29N5O/c24-18(5-1-2-6-18)14-21-9-11-23(12-10-21)17-13-16(19-15-20-17)22-7-3-4-8-22/h13,15,24H,1-12,14H2. The Hall–Kier alpha value is -1.40. The van der Waals surface area contributed by atoms with Gasteiger partial charge in [-0.3, -0.25) is 4.90 Å². The van der Waals surface area contributed by atoms with E-state index in [4.69, 9.17) is 0 Å². The van der Waals surface area contributed by atoms with Crippen molar-refractivity contribution < 1.29 is 5.11 Å². The molecular weight excluding hydrogens is 302 g/mol. The molecule has 0 spiro atoms. The number of hydrogen-bond donors (Lipinski definition) is 1. The van der Waals surface area contributed by atoms with Gasteiger partial charge in [0.15, 0.2) is 0 Å². The Balaban J connectivity index is 1.34. The quantitative estimate of drug-likeness (QED) is 0.902. The van der Waals surface area contributed by atoms with E-state index in [1.165, 1.54) is 25.7 Å². The third-order valence-electron chi connectivity index (χ3n) is 5.82. The van der Waals surface area contributed by atoms with Gasteiger partial charge in [-0.15, -0.1) is 0 Å². The van der Waals surface area contributed by atoms with E-state index >= 15 is 0 Å². The van der Waals surface area contributed by atoms with Crippen LogP contribution in [0.25, 0.3) is 0 Å². The number of rotatable bonds is 4. The van der Waals surface area contributed by atoms with Crippen molar-refractivity contribution in [3.63, 3.8) is 0 Å². The van der Waals surface area contributed by atoms with Gasteiger partial charge in [0.05, 0.1) is 5.60 Å². The molecule has 4 rings (SSSR count). The van der Waals surface area contributed by atoms with Crippen molar-refractivity contribution in [1.82, 2.24) is 14.9 Å². The Labute approximate surface area is 144 Å². The topological polar surface area (TPSA) is 55.7 Å². The van der Waals surface area contributed by atoms with Crippen LogP contribution in [0.3, 0.4) is 0 Å². The molecule has 1 aliphatic carbocycles. The van der Waals surface area contributed by atoms with E-state index in [1.54, 1.807) is 6.33 Å². The van der Waals surface area contributed by atoms with Crippen molar-refractivity contribution in [2.24, 2.45) is 0 Å². The summed E-state index contributed by atoms with van der Waals surface area (Å²) < 4.78 is 0. The Bertz CT molecular complexity index is 546. The van der Waals surface area contributed by atoms with Crippen LogP contribution in [-0.4, -0.2) is 71.4 Å². The summed E-state index contributed by atoms with van der Waals surface area (Å²) in [5, 5.41) is 10.6. The fraction of sp³-hybridized carbons (Fsp3) is 0.778. The molecule has 0 atom stereocenters. The highest BCUT2D eigenvalue weighted by Crippen LogP contribution is 2.30. The third-order valence-corrected chi connectivity index (χ3v) is 5.82. The summed E-state index contributed by atoms with van der Waals surface area (Å²) in [6, 6.07) is 2.14. The molecule has 6 heteroatoms. The summed E-state index contributed by atoms with van der Waals surface area (Å²) in [7, 11) is 0. The second-order valence-electron chi connectivity index (χ2n) is 7.62. The van der Waals surface area contributed by atoms with E-state index < -0.39 is 5.60 Å². The number of anilines is 2. The molecule has 1 saturated carbocycles. The summed E-state index contributed by atoms with van der Waals surface area (Å²) >= 11 is 0. The van der Waals surface area contributed by atoms with Gasteiger partial charge in [-0.1, -0.05) is 12.8 Å². The monoisotopic (exact) mass is 331 g/mol. The molecule has 1 aromatic rings. The molecule has 6 nitrogen and oxygen atoms in total. The summed E-state index contributed by atoms with van der Waals surface area (Å²) in [4.78, 5) is 16.1. The molecule has 1 N–H and O–H groups in total. The van der Waals surface area contributed by atoms with Crippen molar-refractivity contribution in [3.8, 4) is 0 Å². The van der Waals surface area contributed by atoms with Crippen LogP contribution in [0.15, 0.2) is 12.4 Å². The SMILES string of the molecule is OC1(CN2CCN(c3cc(N4CCCC4)ncn3)CC2)CCCC1. The summed E-state index contributed by atoms with van der Waals surface area (Å²) in [5.74, 6) is 2.12. The summed E-state index contributed by atoms with van der Waals surface area (Å²) in [6.45, 7) is 7.03. The highest BCUT2D eigenvalue weighted by Gasteiger charge is 2.34. The molecule has 0 radical (unpaired) electrons. The number of piperazine rings is 1. The Morgan fingerprint density at radius 1 is 0.833 bits per heavy atom. The number of aliphatic hydroxyl groups is 1. The van der Waals surface area contributed by atoms with Gasteiger partial charge in [0.1, 0.15) is 18.0 Å². The number of hydrogen-bond acceptors (Lipinski definition) is 6. The van der Waals surface area contributed by atoms with E-state index in [0.717, 1.165) is 70.3 Å². The first-order chi connectivity index (χ1) is 11.7. The zero-order valence-electron chi connectivity index (χ0n) is 14.5. The molecule has 132 valence electrons. The zero-order valence-corrected chi connectivity index (χ0v) is 14.5. The lowest BCUT2D eigenvalue weighted by molar-refractivity contribution is 0.00800. The molecule has 3 fully saturated rings. The van der Waals surface area contributed by atoms with E-state index in [9.17, 15) is 5.11 Å². The Morgan fingerprint density at radius 3 is 2.04 bits per heavy atom. The largest absolute Gasteiger partial charge is 0.389 e. The molecule has 3 heterocycles. The lowest BCUT2D eigenvalue weighted by Gasteiger charge is -2.38. The molecule has 0 aromatic carbocycles. The third kappa shape index (κ3) is 3.49. The first-order valence-electron chi connectivity index (χ1n) is 9.49. The van der Waals surface area contributed by atoms with Gasteiger partial charge in [0, 0.05) is 51.9 Å². The van der Waals surface area contributed by atoms with Crippen LogP contribution in [0, 0.1) is 0 Å². The maximum Gasteiger partial charge on any atom is 0.134 e. The van der Waals surface area contributed by atoms with Crippen LogP contribution in [0.4, 0.5) is 11.6 Å². The van der Waals surface area contributed by atoms with Crippen LogP contribution in [0.1, 0.15) is 38.5 Å². The fourth-order valence-corrected chi connectivity index (χ4v) is 4.37. The normalized spacial score (nSPS) is 24.7. The lowest BCUT2D eigenvalue weighted by Crippen LogP contribution is -2.51. The molecule has 3 aliphatic rings. The van der Waals surface area contributed by atoms with E-state index in [1.807, 2.05) is 0 Å². The second-order valence-corrected chi connectivity index (χ2v) is 7.62. The van der Waals surface area contributed by atoms with Crippen LogP contribution in [-0.2, 0) is 0 Å². The maximum atomic E-state index is 10.6. The highest BCUT2D eigenvalue weighted by atomic mass is 16.3. The zero-order chi connectivity index (χ0) is 16.4. The first kappa shape index (κ1) is 16.1.